The number of alkyl halides is 3. The smallest absolute Gasteiger partial charge is 0.397 e. The zero-order valence-corrected chi connectivity index (χ0v) is 10.7. The maximum absolute atomic E-state index is 12.6. The predicted octanol–water partition coefficient (Wildman–Crippen LogP) is 2.36. The van der Waals surface area contributed by atoms with Crippen LogP contribution in [0.4, 0.5) is 24.5 Å². The molecule has 1 aromatic heterocycles. The Bertz CT molecular complexity index is 721. The number of benzene rings is 1. The van der Waals surface area contributed by atoms with Crippen LogP contribution in [0, 0.1) is 0 Å². The summed E-state index contributed by atoms with van der Waals surface area (Å²) in [6, 6.07) is 3.19. The number of nitrogen functional groups attached to an aromatic ring is 1. The molecule has 2 aromatic rings. The third-order valence-electron chi connectivity index (χ3n) is 3.30. The molecule has 2 heterocycles. The molecule has 1 amide bonds. The highest BCUT2D eigenvalue weighted by molar-refractivity contribution is 5.95. The van der Waals surface area contributed by atoms with Gasteiger partial charge >= 0.3 is 6.18 Å². The number of halogens is 3. The lowest BCUT2D eigenvalue weighted by molar-refractivity contribution is -0.137. The van der Waals surface area contributed by atoms with Crippen molar-refractivity contribution in [1.29, 1.82) is 0 Å². The van der Waals surface area contributed by atoms with Crippen LogP contribution >= 0.6 is 0 Å². The molecular formula is C13H11F3N4O. The number of rotatable bonds is 1. The van der Waals surface area contributed by atoms with Crippen LogP contribution in [-0.2, 0) is 17.4 Å². The number of fused-ring (bicyclic) bond motifs is 1. The second kappa shape index (κ2) is 4.51. The molecule has 110 valence electrons. The Morgan fingerprint density at radius 3 is 2.71 bits per heavy atom. The summed E-state index contributed by atoms with van der Waals surface area (Å²) in [4.78, 5) is 11.3. The van der Waals surface area contributed by atoms with Gasteiger partial charge in [-0.2, -0.15) is 18.3 Å². The zero-order valence-electron chi connectivity index (χ0n) is 10.7. The van der Waals surface area contributed by atoms with E-state index < -0.39 is 11.7 Å². The van der Waals surface area contributed by atoms with Gasteiger partial charge in [-0.05, 0) is 24.1 Å². The number of nitrogens with zero attached hydrogens (tertiary/aromatic N) is 2. The minimum absolute atomic E-state index is 0.104. The van der Waals surface area contributed by atoms with E-state index >= 15 is 0 Å². The number of aryl methyl sites for hydroxylation is 1. The topological polar surface area (TPSA) is 72.9 Å². The van der Waals surface area contributed by atoms with Gasteiger partial charge in [-0.25, -0.2) is 4.68 Å². The number of nitrogens with two attached hydrogens (primary N) is 1. The minimum Gasteiger partial charge on any atom is -0.397 e. The van der Waals surface area contributed by atoms with Crippen molar-refractivity contribution in [1.82, 2.24) is 9.78 Å². The summed E-state index contributed by atoms with van der Waals surface area (Å²) < 4.78 is 38.9. The van der Waals surface area contributed by atoms with Gasteiger partial charge in [-0.3, -0.25) is 4.79 Å². The number of hydrogen-bond donors (Lipinski definition) is 2. The van der Waals surface area contributed by atoms with Crippen molar-refractivity contribution in [3.8, 4) is 5.69 Å². The van der Waals surface area contributed by atoms with Crippen LogP contribution in [-0.4, -0.2) is 15.7 Å². The number of hydrogen-bond acceptors (Lipinski definition) is 3. The number of amides is 1. The highest BCUT2D eigenvalue weighted by Crippen LogP contribution is 2.32. The van der Waals surface area contributed by atoms with Gasteiger partial charge in [-0.15, -0.1) is 0 Å². The Morgan fingerprint density at radius 2 is 2.05 bits per heavy atom. The fraction of sp³-hybridized carbons (Fsp3) is 0.231. The number of anilines is 2. The van der Waals surface area contributed by atoms with Gasteiger partial charge in [0.15, 0.2) is 0 Å². The third kappa shape index (κ3) is 2.44. The first-order valence-electron chi connectivity index (χ1n) is 6.19. The normalized spacial score (nSPS) is 14.7. The number of aromatic nitrogens is 2. The zero-order chi connectivity index (χ0) is 15.2. The monoisotopic (exact) mass is 296 g/mol. The molecule has 0 atom stereocenters. The molecule has 0 saturated carbocycles. The molecule has 5 nitrogen and oxygen atoms in total. The molecule has 3 rings (SSSR count). The summed E-state index contributed by atoms with van der Waals surface area (Å²) in [6.07, 6.45) is -1.96. The van der Waals surface area contributed by atoms with Gasteiger partial charge in [0.1, 0.15) is 0 Å². The van der Waals surface area contributed by atoms with Crippen LogP contribution in [0.2, 0.25) is 0 Å². The van der Waals surface area contributed by atoms with E-state index in [1.54, 1.807) is 6.07 Å². The van der Waals surface area contributed by atoms with E-state index in [1.807, 2.05) is 0 Å². The molecule has 0 bridgehead atoms. The average Bonchev–Trinajstić information content (AvgIpc) is 2.87. The summed E-state index contributed by atoms with van der Waals surface area (Å²) >= 11 is 0. The summed E-state index contributed by atoms with van der Waals surface area (Å²) in [5, 5.41) is 6.39. The SMILES string of the molecule is Nc1cc2c(cc1-n1cc(C(F)(F)F)cn1)CCC(=O)N2. The standard InChI is InChI=1S/C13H11F3N4O/c14-13(15,16)8-5-18-20(6-8)11-3-7-1-2-12(21)19-10(7)4-9(11)17/h3-6H,1-2,17H2,(H,19,21). The van der Waals surface area contributed by atoms with Crippen molar-refractivity contribution < 1.29 is 18.0 Å². The second-order valence-electron chi connectivity index (χ2n) is 4.79. The molecule has 0 fully saturated rings. The Hall–Kier alpha value is -2.51. The fourth-order valence-electron chi connectivity index (χ4n) is 2.23. The van der Waals surface area contributed by atoms with E-state index in [0.29, 0.717) is 24.2 Å². The van der Waals surface area contributed by atoms with Crippen molar-refractivity contribution in [3.05, 3.63) is 35.7 Å². The quantitative estimate of drug-likeness (QED) is 0.793. The van der Waals surface area contributed by atoms with Gasteiger partial charge in [0, 0.05) is 18.3 Å². The lowest BCUT2D eigenvalue weighted by Crippen LogP contribution is -2.19. The van der Waals surface area contributed by atoms with Crippen molar-refractivity contribution in [2.45, 2.75) is 19.0 Å². The van der Waals surface area contributed by atoms with Gasteiger partial charge in [0.05, 0.1) is 23.1 Å². The number of carbonyl (C=O) groups excluding carboxylic acids is 1. The van der Waals surface area contributed by atoms with E-state index in [-0.39, 0.29) is 11.6 Å². The molecule has 0 saturated heterocycles. The van der Waals surface area contributed by atoms with Crippen LogP contribution in [0.15, 0.2) is 24.5 Å². The minimum atomic E-state index is -4.45. The first-order valence-corrected chi connectivity index (χ1v) is 6.19. The van der Waals surface area contributed by atoms with E-state index in [2.05, 4.69) is 10.4 Å². The van der Waals surface area contributed by atoms with Crippen LogP contribution in [0.1, 0.15) is 17.5 Å². The number of carbonyl (C=O) groups is 1. The van der Waals surface area contributed by atoms with Crippen LogP contribution < -0.4 is 11.1 Å². The fourth-order valence-corrected chi connectivity index (χ4v) is 2.23. The molecule has 0 radical (unpaired) electrons. The third-order valence-corrected chi connectivity index (χ3v) is 3.30. The number of nitrogens with one attached hydrogen (secondary N) is 1. The van der Waals surface area contributed by atoms with Gasteiger partial charge in [0.2, 0.25) is 5.91 Å². The molecule has 0 aliphatic carbocycles. The Kier molecular flexibility index (Phi) is 2.89. The van der Waals surface area contributed by atoms with Gasteiger partial charge in [0.25, 0.3) is 0 Å². The maximum atomic E-state index is 12.6. The maximum Gasteiger partial charge on any atom is 0.419 e. The second-order valence-corrected chi connectivity index (χ2v) is 4.79. The molecule has 0 spiro atoms. The predicted molar refractivity (Wildman–Crippen MR) is 69.9 cm³/mol. The van der Waals surface area contributed by atoms with Gasteiger partial charge in [-0.1, -0.05) is 0 Å². The summed E-state index contributed by atoms with van der Waals surface area (Å²) in [5.41, 5.74) is 7.03. The first-order chi connectivity index (χ1) is 9.84. The Morgan fingerprint density at radius 1 is 1.29 bits per heavy atom. The van der Waals surface area contributed by atoms with Crippen molar-refractivity contribution in [2.24, 2.45) is 0 Å². The van der Waals surface area contributed by atoms with Gasteiger partial charge < -0.3 is 11.1 Å². The molecule has 21 heavy (non-hydrogen) atoms. The van der Waals surface area contributed by atoms with Crippen molar-refractivity contribution >= 4 is 17.3 Å². The van der Waals surface area contributed by atoms with E-state index in [1.165, 1.54) is 6.07 Å². The highest BCUT2D eigenvalue weighted by atomic mass is 19.4. The van der Waals surface area contributed by atoms with E-state index in [0.717, 1.165) is 22.6 Å². The molecule has 1 aliphatic heterocycles. The van der Waals surface area contributed by atoms with Crippen LogP contribution in [0.3, 0.4) is 0 Å². The average molecular weight is 296 g/mol. The molecule has 1 aromatic carbocycles. The lowest BCUT2D eigenvalue weighted by atomic mass is 10.0. The molecule has 8 heteroatoms. The first kappa shape index (κ1) is 13.5. The van der Waals surface area contributed by atoms with Crippen LogP contribution in [0.25, 0.3) is 5.69 Å². The summed E-state index contributed by atoms with van der Waals surface area (Å²) in [6.45, 7) is 0. The van der Waals surface area contributed by atoms with Crippen molar-refractivity contribution in [3.63, 3.8) is 0 Å². The Labute approximate surface area is 117 Å². The highest BCUT2D eigenvalue weighted by Gasteiger charge is 2.32. The van der Waals surface area contributed by atoms with Crippen LogP contribution in [0.5, 0.6) is 0 Å². The van der Waals surface area contributed by atoms with Crippen molar-refractivity contribution in [2.75, 3.05) is 11.1 Å². The lowest BCUT2D eigenvalue weighted by Gasteiger charge is -2.19. The van der Waals surface area contributed by atoms with E-state index in [9.17, 15) is 18.0 Å². The molecule has 1 aliphatic rings. The molecule has 0 unspecified atom stereocenters. The summed E-state index contributed by atoms with van der Waals surface area (Å²) in [7, 11) is 0. The largest absolute Gasteiger partial charge is 0.419 e. The Balaban J connectivity index is 2.03. The van der Waals surface area contributed by atoms with E-state index in [4.69, 9.17) is 5.73 Å². The molecular weight excluding hydrogens is 285 g/mol. The summed E-state index contributed by atoms with van der Waals surface area (Å²) in [5.74, 6) is -0.104. The molecule has 3 N–H and O–H groups in total.